The Hall–Kier alpha value is -1.45. The van der Waals surface area contributed by atoms with Crippen molar-refractivity contribution < 1.29 is 0 Å². The average molecular weight is 125 g/mol. The molecule has 0 unspecified atom stereocenters. The Balaban J connectivity index is 3.29. The number of hydrogen-bond donors (Lipinski definition) is 1. The first-order valence-electron chi connectivity index (χ1n) is 2.42. The topological polar surface area (TPSA) is 64.9 Å². The summed E-state index contributed by atoms with van der Waals surface area (Å²) in [5.41, 5.74) is 0.0116. The number of aromatic nitrogens is 1. The van der Waals surface area contributed by atoms with Crippen molar-refractivity contribution in [1.29, 1.82) is 0 Å². The zero-order chi connectivity index (χ0) is 6.69. The summed E-state index contributed by atoms with van der Waals surface area (Å²) >= 11 is 0. The molecule has 0 aromatic carbocycles. The van der Waals surface area contributed by atoms with E-state index in [2.05, 4.69) is 4.98 Å². The van der Waals surface area contributed by atoms with E-state index in [0.29, 0.717) is 0 Å². The van der Waals surface area contributed by atoms with Gasteiger partial charge < -0.3 is 10.4 Å². The molecule has 1 N–H and O–H groups in total. The van der Waals surface area contributed by atoms with Crippen LogP contribution in [-0.4, -0.2) is 4.98 Å². The molecule has 0 atom stereocenters. The number of H-pyrrole nitrogens is 1. The van der Waals surface area contributed by atoms with Gasteiger partial charge in [0.15, 0.2) is 0 Å². The van der Waals surface area contributed by atoms with Crippen LogP contribution in [0.15, 0.2) is 24.4 Å². The Morgan fingerprint density at radius 3 is 2.44 bits per heavy atom. The van der Waals surface area contributed by atoms with Gasteiger partial charge in [-0.05, 0) is 6.07 Å². The van der Waals surface area contributed by atoms with Gasteiger partial charge in [-0.1, -0.05) is 6.07 Å². The molecular weight excluding hydrogens is 120 g/mol. The molecule has 0 bridgehead atoms. The molecule has 4 heteroatoms. The van der Waals surface area contributed by atoms with Gasteiger partial charge in [0.05, 0.1) is 6.20 Å². The van der Waals surface area contributed by atoms with E-state index < -0.39 is 4.90 Å². The summed E-state index contributed by atoms with van der Waals surface area (Å²) in [5.74, 6) is 0. The Bertz CT molecular complexity index is 232. The maximum atomic E-state index is 9.98. The van der Waals surface area contributed by atoms with Gasteiger partial charge in [-0.2, -0.15) is 0 Å². The second kappa shape index (κ2) is 2.21. The first kappa shape index (κ1) is 5.68. The fourth-order valence-corrected chi connectivity index (χ4v) is 0.497. The van der Waals surface area contributed by atoms with Crippen molar-refractivity contribution in [2.45, 2.75) is 0 Å². The number of nitrogens with zero attached hydrogens (tertiary/aromatic N) is 1. The third kappa shape index (κ3) is 1.22. The summed E-state index contributed by atoms with van der Waals surface area (Å²) in [7, 11) is 0. The van der Waals surface area contributed by atoms with Gasteiger partial charge in [0, 0.05) is 6.07 Å². The van der Waals surface area contributed by atoms with Gasteiger partial charge >= 0.3 is 0 Å². The fraction of sp³-hybridized carbons (Fsp3) is 0. The monoisotopic (exact) mass is 125 g/mol. The van der Waals surface area contributed by atoms with Crippen molar-refractivity contribution >= 4 is 0 Å². The van der Waals surface area contributed by atoms with E-state index in [1.807, 2.05) is 0 Å². The van der Waals surface area contributed by atoms with Gasteiger partial charge in [0.2, 0.25) is 0 Å². The summed E-state index contributed by atoms with van der Waals surface area (Å²) in [6.45, 7) is 0. The maximum absolute atomic E-state index is 9.98. The summed E-state index contributed by atoms with van der Waals surface area (Å²) in [6, 6.07) is 4.70. The summed E-state index contributed by atoms with van der Waals surface area (Å²) in [5, 5.41) is 20.0. The lowest BCUT2D eigenvalue weighted by atomic mass is 10.5. The number of rotatable bonds is 0. The average Bonchev–Trinajstić information content (AvgIpc) is 1.90. The largest absolute Gasteiger partial charge is 0.712 e. The third-order valence-corrected chi connectivity index (χ3v) is 0.889. The second-order valence-electron chi connectivity index (χ2n) is 1.50. The van der Waals surface area contributed by atoms with E-state index >= 15 is 0 Å². The van der Waals surface area contributed by atoms with E-state index in [9.17, 15) is 10.4 Å². The first-order valence-corrected chi connectivity index (χ1v) is 2.42. The standard InChI is InChI=1S/C5H5N2O2/c8-7(9)5-3-1-2-4-6-5/h1-4,6H/q-1. The van der Waals surface area contributed by atoms with Crippen molar-refractivity contribution in [3.63, 3.8) is 0 Å². The van der Waals surface area contributed by atoms with Gasteiger partial charge in [0.1, 0.15) is 0 Å². The molecule has 0 aliphatic carbocycles. The van der Waals surface area contributed by atoms with E-state index in [0.717, 1.165) is 0 Å². The van der Waals surface area contributed by atoms with Crippen LogP contribution in [0.5, 0.6) is 0 Å². The van der Waals surface area contributed by atoms with E-state index in [1.54, 1.807) is 12.1 Å². The molecule has 1 heterocycles. The summed E-state index contributed by atoms with van der Waals surface area (Å²) < 4.78 is 0. The molecule has 1 aromatic heterocycles. The van der Waals surface area contributed by atoms with Gasteiger partial charge in [-0.25, -0.2) is 4.98 Å². The molecule has 0 aliphatic heterocycles. The van der Waals surface area contributed by atoms with Crippen LogP contribution in [0.1, 0.15) is 0 Å². The van der Waals surface area contributed by atoms with Gasteiger partial charge in [-0.3, -0.25) is 4.90 Å². The van der Waals surface area contributed by atoms with Crippen molar-refractivity contribution in [3.8, 4) is 0 Å². The molecule has 0 radical (unpaired) electrons. The van der Waals surface area contributed by atoms with Crippen LogP contribution >= 0.6 is 0 Å². The normalized spacial score (nSPS) is 8.89. The highest BCUT2D eigenvalue weighted by Gasteiger charge is 1.78. The number of nitrogens with one attached hydrogen (secondary N) is 1. The number of aromatic amines is 1. The Morgan fingerprint density at radius 2 is 2.11 bits per heavy atom. The van der Waals surface area contributed by atoms with Crippen LogP contribution in [0.2, 0.25) is 0 Å². The first-order chi connectivity index (χ1) is 4.30. The lowest BCUT2D eigenvalue weighted by molar-refractivity contribution is 0.909. The summed E-state index contributed by atoms with van der Waals surface area (Å²) in [6.07, 6.45) is 1.51. The molecule has 0 amide bonds. The zero-order valence-electron chi connectivity index (χ0n) is 4.57. The minimum Gasteiger partial charge on any atom is -0.712 e. The second-order valence-corrected chi connectivity index (χ2v) is 1.50. The lowest BCUT2D eigenvalue weighted by Crippen LogP contribution is -2.20. The minimum atomic E-state index is -0.472. The van der Waals surface area contributed by atoms with E-state index in [1.165, 1.54) is 12.3 Å². The van der Waals surface area contributed by atoms with Crippen molar-refractivity contribution in [2.75, 3.05) is 0 Å². The van der Waals surface area contributed by atoms with E-state index in [4.69, 9.17) is 0 Å². The third-order valence-electron chi connectivity index (χ3n) is 0.889. The molecule has 0 saturated carbocycles. The summed E-state index contributed by atoms with van der Waals surface area (Å²) in [4.78, 5) is 2.00. The molecule has 1 aromatic rings. The van der Waals surface area contributed by atoms with Crippen molar-refractivity contribution in [2.24, 2.45) is 0 Å². The predicted octanol–water partition coefficient (Wildman–Crippen LogP) is -0.218. The van der Waals surface area contributed by atoms with E-state index in [-0.39, 0.29) is 5.49 Å². The molecule has 48 valence electrons. The predicted molar refractivity (Wildman–Crippen MR) is 32.8 cm³/mol. The molecule has 4 nitrogen and oxygen atoms in total. The number of hydrogen-bond acceptors (Lipinski definition) is 2. The molecule has 0 spiro atoms. The quantitative estimate of drug-likeness (QED) is 0.487. The fourth-order valence-electron chi connectivity index (χ4n) is 0.497. The molecular formula is C5H5N2O2-. The van der Waals surface area contributed by atoms with Crippen LogP contribution < -0.4 is 10.4 Å². The van der Waals surface area contributed by atoms with Crippen LogP contribution in [0.25, 0.3) is 0 Å². The molecule has 1 rings (SSSR count). The molecule has 0 saturated heterocycles. The van der Waals surface area contributed by atoms with Crippen molar-refractivity contribution in [1.82, 2.24) is 9.89 Å². The van der Waals surface area contributed by atoms with Gasteiger partial charge in [0.25, 0.3) is 5.49 Å². The number of pyridine rings is 1. The Morgan fingerprint density at radius 1 is 1.33 bits per heavy atom. The minimum absolute atomic E-state index is 0.0116. The van der Waals surface area contributed by atoms with Crippen LogP contribution in [-0.2, 0) is 0 Å². The Labute approximate surface area is 51.3 Å². The highest BCUT2D eigenvalue weighted by atomic mass is 16.8. The van der Waals surface area contributed by atoms with Gasteiger partial charge in [-0.15, -0.1) is 0 Å². The molecule has 0 fully saturated rings. The molecule has 9 heavy (non-hydrogen) atoms. The van der Waals surface area contributed by atoms with Crippen LogP contribution in [0.3, 0.4) is 0 Å². The molecule has 0 aliphatic rings. The zero-order valence-corrected chi connectivity index (χ0v) is 4.57. The SMILES string of the molecule is [O-][N+]([O-])=c1cccc[nH]1. The van der Waals surface area contributed by atoms with Crippen LogP contribution in [0.4, 0.5) is 0 Å². The van der Waals surface area contributed by atoms with Crippen LogP contribution in [0, 0.1) is 10.4 Å². The highest BCUT2D eigenvalue weighted by molar-refractivity contribution is 4.90. The highest BCUT2D eigenvalue weighted by Crippen LogP contribution is 1.68. The Kier molecular flexibility index (Phi) is 1.40. The smallest absolute Gasteiger partial charge is 0.280 e. The maximum Gasteiger partial charge on any atom is 0.280 e. The lowest BCUT2D eigenvalue weighted by Gasteiger charge is -2.08. The van der Waals surface area contributed by atoms with Crippen molar-refractivity contribution in [3.05, 3.63) is 40.3 Å².